The topological polar surface area (TPSA) is 38.1 Å². The molecule has 0 aliphatic heterocycles. The van der Waals surface area contributed by atoms with Crippen LogP contribution in [0.5, 0.6) is 0 Å². The second-order valence-corrected chi connectivity index (χ2v) is 5.74. The molecule has 3 rings (SSSR count). The highest BCUT2D eigenvalue weighted by molar-refractivity contribution is 6.33. The van der Waals surface area contributed by atoms with Gasteiger partial charge in [0, 0.05) is 17.6 Å². The number of aryl methyl sites for hydroxylation is 1. The summed E-state index contributed by atoms with van der Waals surface area (Å²) < 4.78 is 1.82. The van der Waals surface area contributed by atoms with Crippen molar-refractivity contribution in [3.63, 3.8) is 0 Å². The van der Waals surface area contributed by atoms with Gasteiger partial charge in [-0.15, -0.1) is 0 Å². The molecule has 1 unspecified atom stereocenters. The fraction of sp³-hybridized carbons (Fsp3) is 0.167. The standard InChI is InChI=1S/C18H17ClN2O/c1-12-14(18(22)16-10-20-11-21(16)2)8-9-15(19)17(12)13-6-4-3-5-7-13/h3-11,18,22H,1-2H3. The van der Waals surface area contributed by atoms with Gasteiger partial charge in [0.25, 0.3) is 0 Å². The van der Waals surface area contributed by atoms with Crippen molar-refractivity contribution >= 4 is 11.6 Å². The maximum absolute atomic E-state index is 10.7. The molecule has 4 heteroatoms. The summed E-state index contributed by atoms with van der Waals surface area (Å²) >= 11 is 6.40. The smallest absolute Gasteiger partial charge is 0.121 e. The molecule has 1 heterocycles. The minimum absolute atomic E-state index is 0.685. The maximum Gasteiger partial charge on any atom is 0.121 e. The highest BCUT2D eigenvalue weighted by Gasteiger charge is 2.19. The predicted octanol–water partition coefficient (Wildman–Crippen LogP) is 4.13. The zero-order valence-corrected chi connectivity index (χ0v) is 13.2. The van der Waals surface area contributed by atoms with Crippen LogP contribution in [0.25, 0.3) is 11.1 Å². The lowest BCUT2D eigenvalue weighted by Crippen LogP contribution is -2.07. The summed E-state index contributed by atoms with van der Waals surface area (Å²) in [5.74, 6) is 0. The summed E-state index contributed by atoms with van der Waals surface area (Å²) in [6.07, 6.45) is 2.63. The Labute approximate surface area is 134 Å². The number of hydrogen-bond acceptors (Lipinski definition) is 2. The van der Waals surface area contributed by atoms with Crippen molar-refractivity contribution in [2.75, 3.05) is 0 Å². The summed E-state index contributed by atoms with van der Waals surface area (Å²) in [5, 5.41) is 11.4. The van der Waals surface area contributed by atoms with Gasteiger partial charge in [-0.3, -0.25) is 0 Å². The lowest BCUT2D eigenvalue weighted by molar-refractivity contribution is 0.211. The number of nitrogens with zero attached hydrogens (tertiary/aromatic N) is 2. The molecule has 22 heavy (non-hydrogen) atoms. The highest BCUT2D eigenvalue weighted by atomic mass is 35.5. The Kier molecular flexibility index (Phi) is 4.01. The van der Waals surface area contributed by atoms with E-state index >= 15 is 0 Å². The van der Waals surface area contributed by atoms with E-state index in [0.717, 1.165) is 27.9 Å². The molecule has 0 spiro atoms. The molecule has 112 valence electrons. The first-order chi connectivity index (χ1) is 10.6. The molecule has 0 radical (unpaired) electrons. The summed E-state index contributed by atoms with van der Waals surface area (Å²) in [6.45, 7) is 1.99. The zero-order valence-electron chi connectivity index (χ0n) is 12.5. The third kappa shape index (κ3) is 2.54. The molecule has 0 aliphatic rings. The van der Waals surface area contributed by atoms with Gasteiger partial charge in [-0.1, -0.05) is 48.0 Å². The van der Waals surface area contributed by atoms with Crippen LogP contribution in [0.4, 0.5) is 0 Å². The SMILES string of the molecule is Cc1c(C(O)c2cncn2C)ccc(Cl)c1-c1ccccc1. The van der Waals surface area contributed by atoms with Gasteiger partial charge in [0.2, 0.25) is 0 Å². The molecule has 1 aromatic heterocycles. The summed E-state index contributed by atoms with van der Waals surface area (Å²) in [4.78, 5) is 4.07. The van der Waals surface area contributed by atoms with Gasteiger partial charge in [0.05, 0.1) is 18.2 Å². The molecule has 0 aliphatic carbocycles. The van der Waals surface area contributed by atoms with Crippen molar-refractivity contribution in [2.24, 2.45) is 7.05 Å². The molecule has 2 aromatic carbocycles. The van der Waals surface area contributed by atoms with Crippen molar-refractivity contribution in [3.05, 3.63) is 76.8 Å². The van der Waals surface area contributed by atoms with Crippen LogP contribution in [-0.4, -0.2) is 14.7 Å². The Bertz CT molecular complexity index is 796. The Morgan fingerprint density at radius 1 is 1.14 bits per heavy atom. The van der Waals surface area contributed by atoms with E-state index in [1.165, 1.54) is 0 Å². The van der Waals surface area contributed by atoms with E-state index < -0.39 is 6.10 Å². The van der Waals surface area contributed by atoms with Gasteiger partial charge < -0.3 is 9.67 Å². The molecule has 1 N–H and O–H groups in total. The Morgan fingerprint density at radius 2 is 1.86 bits per heavy atom. The van der Waals surface area contributed by atoms with E-state index in [9.17, 15) is 5.11 Å². The number of benzene rings is 2. The zero-order chi connectivity index (χ0) is 15.7. The number of imidazole rings is 1. The van der Waals surface area contributed by atoms with Gasteiger partial charge in [-0.2, -0.15) is 0 Å². The van der Waals surface area contributed by atoms with Crippen molar-refractivity contribution in [3.8, 4) is 11.1 Å². The average molecular weight is 313 g/mol. The van der Waals surface area contributed by atoms with Crippen molar-refractivity contribution in [2.45, 2.75) is 13.0 Å². The number of halogens is 1. The minimum Gasteiger partial charge on any atom is -0.382 e. The largest absolute Gasteiger partial charge is 0.382 e. The van der Waals surface area contributed by atoms with Crippen LogP contribution in [0.3, 0.4) is 0 Å². The summed E-state index contributed by atoms with van der Waals surface area (Å²) in [7, 11) is 1.87. The number of hydrogen-bond donors (Lipinski definition) is 1. The maximum atomic E-state index is 10.7. The van der Waals surface area contributed by atoms with E-state index in [-0.39, 0.29) is 0 Å². The van der Waals surface area contributed by atoms with Crippen LogP contribution in [-0.2, 0) is 7.05 Å². The summed E-state index contributed by atoms with van der Waals surface area (Å²) in [5.41, 5.74) is 4.58. The number of aromatic nitrogens is 2. The fourth-order valence-corrected chi connectivity index (χ4v) is 3.05. The van der Waals surface area contributed by atoms with E-state index in [2.05, 4.69) is 4.98 Å². The van der Waals surface area contributed by atoms with E-state index in [0.29, 0.717) is 5.02 Å². The Hall–Kier alpha value is -2.10. The first kappa shape index (κ1) is 14.8. The number of aliphatic hydroxyl groups is 1. The molecule has 0 fully saturated rings. The second-order valence-electron chi connectivity index (χ2n) is 5.33. The monoisotopic (exact) mass is 312 g/mol. The van der Waals surface area contributed by atoms with Crippen LogP contribution in [0.1, 0.15) is 22.9 Å². The molecular weight excluding hydrogens is 296 g/mol. The molecule has 0 amide bonds. The molecular formula is C18H17ClN2O. The van der Waals surface area contributed by atoms with Crippen molar-refractivity contribution in [1.82, 2.24) is 9.55 Å². The molecule has 0 saturated heterocycles. The Balaban J connectivity index is 2.14. The lowest BCUT2D eigenvalue weighted by Gasteiger charge is -2.18. The molecule has 0 saturated carbocycles. The van der Waals surface area contributed by atoms with Gasteiger partial charge >= 0.3 is 0 Å². The van der Waals surface area contributed by atoms with Crippen LogP contribution < -0.4 is 0 Å². The quantitative estimate of drug-likeness (QED) is 0.789. The first-order valence-electron chi connectivity index (χ1n) is 7.08. The predicted molar refractivity (Wildman–Crippen MR) is 88.9 cm³/mol. The average Bonchev–Trinajstić information content (AvgIpc) is 2.94. The summed E-state index contributed by atoms with van der Waals surface area (Å²) in [6, 6.07) is 13.7. The third-order valence-corrected chi connectivity index (χ3v) is 4.26. The van der Waals surface area contributed by atoms with Crippen LogP contribution in [0.2, 0.25) is 5.02 Å². The first-order valence-corrected chi connectivity index (χ1v) is 7.46. The van der Waals surface area contributed by atoms with E-state index in [1.807, 2.05) is 61.0 Å². The molecule has 0 bridgehead atoms. The van der Waals surface area contributed by atoms with E-state index in [1.54, 1.807) is 12.5 Å². The normalized spacial score (nSPS) is 12.4. The van der Waals surface area contributed by atoms with Crippen LogP contribution >= 0.6 is 11.6 Å². The minimum atomic E-state index is -0.729. The molecule has 3 aromatic rings. The van der Waals surface area contributed by atoms with Gasteiger partial charge in [0.15, 0.2) is 0 Å². The van der Waals surface area contributed by atoms with Gasteiger partial charge in [0.1, 0.15) is 6.10 Å². The lowest BCUT2D eigenvalue weighted by atomic mass is 9.93. The highest BCUT2D eigenvalue weighted by Crippen LogP contribution is 2.36. The van der Waals surface area contributed by atoms with Gasteiger partial charge in [-0.25, -0.2) is 4.98 Å². The third-order valence-electron chi connectivity index (χ3n) is 3.95. The Morgan fingerprint density at radius 3 is 2.50 bits per heavy atom. The number of aliphatic hydroxyl groups excluding tert-OH is 1. The second kappa shape index (κ2) is 5.95. The number of rotatable bonds is 3. The van der Waals surface area contributed by atoms with Gasteiger partial charge in [-0.05, 0) is 29.7 Å². The van der Waals surface area contributed by atoms with Crippen LogP contribution in [0, 0.1) is 6.92 Å². The van der Waals surface area contributed by atoms with E-state index in [4.69, 9.17) is 11.6 Å². The van der Waals surface area contributed by atoms with Crippen LogP contribution in [0.15, 0.2) is 55.0 Å². The molecule has 1 atom stereocenters. The van der Waals surface area contributed by atoms with Crippen molar-refractivity contribution < 1.29 is 5.11 Å². The molecule has 3 nitrogen and oxygen atoms in total. The van der Waals surface area contributed by atoms with Crippen molar-refractivity contribution in [1.29, 1.82) is 0 Å². The fourth-order valence-electron chi connectivity index (χ4n) is 2.74.